The van der Waals surface area contributed by atoms with Gasteiger partial charge in [-0.1, -0.05) is 50.3 Å². The maximum Gasteiger partial charge on any atom is 0.278 e. The molecule has 0 saturated carbocycles. The molecular weight excluding hydrogens is 391 g/mol. The fourth-order valence-corrected chi connectivity index (χ4v) is 3.60. The smallest absolute Gasteiger partial charge is 0.278 e. The molecule has 29 heavy (non-hydrogen) atoms. The third-order valence-electron chi connectivity index (χ3n) is 4.29. The Morgan fingerprint density at radius 1 is 1.17 bits per heavy atom. The Labute approximate surface area is 170 Å². The Kier molecular flexibility index (Phi) is 4.83. The summed E-state index contributed by atoms with van der Waals surface area (Å²) in [6.45, 7) is 6.26. The number of hydrogen-bond donors (Lipinski definition) is 1. The van der Waals surface area contributed by atoms with Gasteiger partial charge in [0.25, 0.3) is 5.91 Å². The van der Waals surface area contributed by atoms with E-state index in [9.17, 15) is 9.18 Å². The SMILES string of the molecule is CC(C)(C)c1nnc(NC(=O)c2nn(Cc3ccccc3F)c3ncccc23)s1. The van der Waals surface area contributed by atoms with E-state index in [1.807, 2.05) is 20.8 Å². The summed E-state index contributed by atoms with van der Waals surface area (Å²) in [5.74, 6) is -0.742. The molecule has 148 valence electrons. The van der Waals surface area contributed by atoms with E-state index in [1.54, 1.807) is 36.5 Å². The molecule has 0 fully saturated rings. The first kappa shape index (κ1) is 19.1. The van der Waals surface area contributed by atoms with Crippen LogP contribution in [0, 0.1) is 5.82 Å². The number of fused-ring (bicyclic) bond motifs is 1. The molecule has 0 bridgehead atoms. The number of nitrogens with one attached hydrogen (secondary N) is 1. The first-order valence-corrected chi connectivity index (χ1v) is 9.85. The minimum atomic E-state index is -0.410. The summed E-state index contributed by atoms with van der Waals surface area (Å²) in [7, 11) is 0. The molecule has 9 heteroatoms. The van der Waals surface area contributed by atoms with Gasteiger partial charge in [0.2, 0.25) is 5.13 Å². The highest BCUT2D eigenvalue weighted by Crippen LogP contribution is 2.28. The summed E-state index contributed by atoms with van der Waals surface area (Å²) < 4.78 is 15.6. The molecule has 0 unspecified atom stereocenters. The molecule has 1 N–H and O–H groups in total. The van der Waals surface area contributed by atoms with Crippen LogP contribution in [0.2, 0.25) is 0 Å². The lowest BCUT2D eigenvalue weighted by molar-refractivity contribution is 0.102. The second kappa shape index (κ2) is 7.32. The second-order valence-electron chi connectivity index (χ2n) is 7.59. The van der Waals surface area contributed by atoms with Crippen molar-refractivity contribution in [1.82, 2.24) is 25.0 Å². The number of nitrogens with zero attached hydrogens (tertiary/aromatic N) is 5. The zero-order chi connectivity index (χ0) is 20.6. The molecule has 3 aromatic heterocycles. The third-order valence-corrected chi connectivity index (χ3v) is 5.55. The number of rotatable bonds is 4. The Bertz CT molecular complexity index is 1190. The lowest BCUT2D eigenvalue weighted by Gasteiger charge is -2.12. The molecule has 0 radical (unpaired) electrons. The first-order valence-electron chi connectivity index (χ1n) is 9.03. The monoisotopic (exact) mass is 410 g/mol. The standard InChI is InChI=1S/C20H19FN6OS/c1-20(2,3)18-24-25-19(29-18)23-17(28)15-13-8-6-10-22-16(13)27(26-15)11-12-7-4-5-9-14(12)21/h4-10H,11H2,1-3H3,(H,23,25,28). The van der Waals surface area contributed by atoms with Crippen LogP contribution in [0.15, 0.2) is 42.6 Å². The summed E-state index contributed by atoms with van der Waals surface area (Å²) >= 11 is 1.33. The van der Waals surface area contributed by atoms with Crippen molar-refractivity contribution in [2.75, 3.05) is 5.32 Å². The van der Waals surface area contributed by atoms with Crippen molar-refractivity contribution in [3.8, 4) is 0 Å². The molecule has 0 aliphatic rings. The predicted octanol–water partition coefficient (Wildman–Crippen LogP) is 4.02. The van der Waals surface area contributed by atoms with Crippen LogP contribution < -0.4 is 5.32 Å². The summed E-state index contributed by atoms with van der Waals surface area (Å²) in [6, 6.07) is 9.96. The Morgan fingerprint density at radius 3 is 2.69 bits per heavy atom. The summed E-state index contributed by atoms with van der Waals surface area (Å²) in [5, 5.41) is 17.2. The molecule has 1 amide bonds. The van der Waals surface area contributed by atoms with Crippen LogP contribution in [0.25, 0.3) is 11.0 Å². The molecular formula is C20H19FN6OS. The topological polar surface area (TPSA) is 85.6 Å². The Balaban J connectivity index is 1.66. The van der Waals surface area contributed by atoms with Gasteiger partial charge in [-0.2, -0.15) is 5.10 Å². The van der Waals surface area contributed by atoms with Crippen LogP contribution in [0.3, 0.4) is 0 Å². The van der Waals surface area contributed by atoms with Crippen LogP contribution >= 0.6 is 11.3 Å². The van der Waals surface area contributed by atoms with Crippen molar-refractivity contribution >= 4 is 33.4 Å². The quantitative estimate of drug-likeness (QED) is 0.549. The summed E-state index contributed by atoms with van der Waals surface area (Å²) in [5.41, 5.74) is 1.03. The fraction of sp³-hybridized carbons (Fsp3) is 0.250. The van der Waals surface area contributed by atoms with Gasteiger partial charge in [-0.05, 0) is 18.2 Å². The molecule has 7 nitrogen and oxygen atoms in total. The van der Waals surface area contributed by atoms with Crippen LogP contribution in [-0.4, -0.2) is 30.9 Å². The molecule has 3 heterocycles. The number of anilines is 1. The van der Waals surface area contributed by atoms with Crippen molar-refractivity contribution < 1.29 is 9.18 Å². The number of hydrogen-bond acceptors (Lipinski definition) is 6. The van der Waals surface area contributed by atoms with E-state index in [1.165, 1.54) is 22.1 Å². The largest absolute Gasteiger partial charge is 0.295 e. The molecule has 0 aliphatic heterocycles. The van der Waals surface area contributed by atoms with Gasteiger partial charge in [-0.3, -0.25) is 10.1 Å². The van der Waals surface area contributed by atoms with Crippen LogP contribution in [0.4, 0.5) is 9.52 Å². The fourth-order valence-electron chi connectivity index (χ4n) is 2.81. The minimum Gasteiger partial charge on any atom is -0.295 e. The number of halogens is 1. The Hall–Kier alpha value is -3.20. The van der Waals surface area contributed by atoms with Crippen molar-refractivity contribution in [3.63, 3.8) is 0 Å². The number of aromatic nitrogens is 5. The highest BCUT2D eigenvalue weighted by Gasteiger charge is 2.23. The van der Waals surface area contributed by atoms with Crippen molar-refractivity contribution in [3.05, 3.63) is 64.7 Å². The lowest BCUT2D eigenvalue weighted by Crippen LogP contribution is -2.14. The van der Waals surface area contributed by atoms with Crippen molar-refractivity contribution in [1.29, 1.82) is 0 Å². The molecule has 0 aliphatic carbocycles. The Morgan fingerprint density at radius 2 is 1.97 bits per heavy atom. The first-order chi connectivity index (χ1) is 13.8. The number of pyridine rings is 1. The van der Waals surface area contributed by atoms with Gasteiger partial charge in [0.05, 0.1) is 11.9 Å². The summed E-state index contributed by atoms with van der Waals surface area (Å²) in [4.78, 5) is 17.2. The molecule has 4 rings (SSSR count). The molecule has 4 aromatic rings. The van der Waals surface area contributed by atoms with E-state index in [-0.39, 0.29) is 23.5 Å². The molecule has 1 aromatic carbocycles. The summed E-state index contributed by atoms with van der Waals surface area (Å²) in [6.07, 6.45) is 1.61. The number of carbonyl (C=O) groups excluding carboxylic acids is 1. The zero-order valence-corrected chi connectivity index (χ0v) is 17.0. The van der Waals surface area contributed by atoms with Gasteiger partial charge in [0, 0.05) is 17.2 Å². The van der Waals surface area contributed by atoms with Gasteiger partial charge < -0.3 is 0 Å². The number of amides is 1. The van der Waals surface area contributed by atoms with Gasteiger partial charge in [0.1, 0.15) is 10.8 Å². The number of benzene rings is 1. The highest BCUT2D eigenvalue weighted by molar-refractivity contribution is 7.15. The van der Waals surface area contributed by atoms with E-state index in [4.69, 9.17) is 0 Å². The van der Waals surface area contributed by atoms with Gasteiger partial charge in [-0.25, -0.2) is 14.1 Å². The van der Waals surface area contributed by atoms with E-state index in [0.717, 1.165) is 5.01 Å². The second-order valence-corrected chi connectivity index (χ2v) is 8.57. The van der Waals surface area contributed by atoms with E-state index < -0.39 is 5.91 Å². The maximum atomic E-state index is 14.1. The van der Waals surface area contributed by atoms with Crippen LogP contribution in [0.5, 0.6) is 0 Å². The van der Waals surface area contributed by atoms with Crippen LogP contribution in [-0.2, 0) is 12.0 Å². The molecule has 0 spiro atoms. The third kappa shape index (κ3) is 3.86. The van der Waals surface area contributed by atoms with E-state index in [2.05, 4.69) is 25.6 Å². The average molecular weight is 410 g/mol. The lowest BCUT2D eigenvalue weighted by atomic mass is 9.98. The van der Waals surface area contributed by atoms with Gasteiger partial charge >= 0.3 is 0 Å². The van der Waals surface area contributed by atoms with Crippen molar-refractivity contribution in [2.45, 2.75) is 32.7 Å². The minimum absolute atomic E-state index is 0.154. The molecule has 0 atom stereocenters. The normalized spacial score (nSPS) is 11.7. The van der Waals surface area contributed by atoms with E-state index in [0.29, 0.717) is 21.7 Å². The van der Waals surface area contributed by atoms with E-state index >= 15 is 0 Å². The maximum absolute atomic E-state index is 14.1. The van der Waals surface area contributed by atoms with Crippen molar-refractivity contribution in [2.24, 2.45) is 0 Å². The number of carbonyl (C=O) groups is 1. The van der Waals surface area contributed by atoms with Crippen LogP contribution in [0.1, 0.15) is 41.8 Å². The predicted molar refractivity (Wildman–Crippen MR) is 110 cm³/mol. The average Bonchev–Trinajstić information content (AvgIpc) is 3.29. The molecule has 0 saturated heterocycles. The zero-order valence-electron chi connectivity index (χ0n) is 16.2. The van der Waals surface area contributed by atoms with Gasteiger partial charge in [-0.15, -0.1) is 10.2 Å². The highest BCUT2D eigenvalue weighted by atomic mass is 32.1. The van der Waals surface area contributed by atoms with Gasteiger partial charge in [0.15, 0.2) is 11.3 Å².